The fraction of sp³-hybridized carbons (Fsp3) is 0.400. The van der Waals surface area contributed by atoms with Crippen LogP contribution in [0.4, 0.5) is 0 Å². The second-order valence-electron chi connectivity index (χ2n) is 5.77. The maximum atomic E-state index is 12.6. The first kappa shape index (κ1) is 12.5. The Morgan fingerprint density at radius 1 is 1.48 bits per heavy atom. The summed E-state index contributed by atoms with van der Waals surface area (Å²) in [6.07, 6.45) is 6.38. The molecule has 2 bridgehead atoms. The summed E-state index contributed by atoms with van der Waals surface area (Å²) in [6.45, 7) is 0.816. The van der Waals surface area contributed by atoms with Crippen LogP contribution in [-0.4, -0.2) is 40.0 Å². The molecule has 3 aliphatic heterocycles. The first-order valence-electron chi connectivity index (χ1n) is 6.86. The number of nitrogens with zero attached hydrogens (tertiary/aromatic N) is 2. The second kappa shape index (κ2) is 4.14. The number of carbonyl (C=O) groups is 2. The van der Waals surface area contributed by atoms with Gasteiger partial charge in [0.15, 0.2) is 0 Å². The zero-order valence-electron chi connectivity index (χ0n) is 11.1. The van der Waals surface area contributed by atoms with E-state index in [-0.39, 0.29) is 5.91 Å². The predicted octanol–water partition coefficient (Wildman–Crippen LogP) is -0.886. The van der Waals surface area contributed by atoms with Crippen LogP contribution in [0.3, 0.4) is 0 Å². The van der Waals surface area contributed by atoms with Crippen molar-refractivity contribution < 1.29 is 19.4 Å². The summed E-state index contributed by atoms with van der Waals surface area (Å²) in [7, 11) is 0. The number of carboxylic acid groups (broad SMARTS) is 1. The minimum atomic E-state index is -1.21. The Hall–Kier alpha value is -2.21. The molecule has 2 fully saturated rings. The Labute approximate surface area is 121 Å². The highest BCUT2D eigenvalue weighted by Gasteiger charge is 2.65. The molecule has 1 aromatic rings. The number of hydrogen-bond acceptors (Lipinski definition) is 5. The van der Waals surface area contributed by atoms with E-state index in [1.54, 1.807) is 23.4 Å². The molecule has 6 heteroatoms. The molecule has 4 heterocycles. The van der Waals surface area contributed by atoms with Crippen LogP contribution in [0.25, 0.3) is 0 Å². The van der Waals surface area contributed by atoms with Crippen LogP contribution in [0.15, 0.2) is 36.7 Å². The highest BCUT2D eigenvalue weighted by molar-refractivity contribution is 5.90. The van der Waals surface area contributed by atoms with E-state index < -0.39 is 29.5 Å². The van der Waals surface area contributed by atoms with Crippen LogP contribution in [0.1, 0.15) is 5.56 Å². The predicted molar refractivity (Wildman–Crippen MR) is 68.4 cm³/mol. The normalized spacial score (nSPS) is 36.3. The number of carboxylic acids is 1. The summed E-state index contributed by atoms with van der Waals surface area (Å²) in [5.41, 5.74) is 0.165. The fourth-order valence-electron chi connectivity index (χ4n) is 3.69. The van der Waals surface area contributed by atoms with Gasteiger partial charge in [-0.2, -0.15) is 0 Å². The molecule has 0 N–H and O–H groups in total. The molecule has 2 saturated heterocycles. The fourth-order valence-corrected chi connectivity index (χ4v) is 3.69. The molecule has 1 aromatic heterocycles. The lowest BCUT2D eigenvalue weighted by Crippen LogP contribution is -2.45. The molecule has 0 aromatic carbocycles. The Morgan fingerprint density at radius 3 is 2.95 bits per heavy atom. The van der Waals surface area contributed by atoms with Crippen molar-refractivity contribution in [3.8, 4) is 0 Å². The quantitative estimate of drug-likeness (QED) is 0.673. The van der Waals surface area contributed by atoms with Gasteiger partial charge in [-0.05, 0) is 17.7 Å². The van der Waals surface area contributed by atoms with Gasteiger partial charge in [-0.25, -0.2) is 0 Å². The first-order valence-corrected chi connectivity index (χ1v) is 6.86. The molecular formula is C15H13N2O4-. The Morgan fingerprint density at radius 2 is 2.24 bits per heavy atom. The molecule has 4 atom stereocenters. The number of amides is 1. The Kier molecular flexibility index (Phi) is 2.47. The van der Waals surface area contributed by atoms with Gasteiger partial charge in [0.25, 0.3) is 0 Å². The van der Waals surface area contributed by atoms with E-state index in [1.165, 1.54) is 0 Å². The van der Waals surface area contributed by atoms with Crippen molar-refractivity contribution in [3.63, 3.8) is 0 Å². The first-order chi connectivity index (χ1) is 10.1. The maximum Gasteiger partial charge on any atom is 0.230 e. The third-order valence-electron chi connectivity index (χ3n) is 4.57. The monoisotopic (exact) mass is 285 g/mol. The van der Waals surface area contributed by atoms with E-state index in [4.69, 9.17) is 4.74 Å². The zero-order chi connectivity index (χ0) is 14.6. The minimum Gasteiger partial charge on any atom is -0.550 e. The van der Waals surface area contributed by atoms with Gasteiger partial charge in [0, 0.05) is 30.8 Å². The van der Waals surface area contributed by atoms with Crippen molar-refractivity contribution in [2.75, 3.05) is 6.54 Å². The lowest BCUT2D eigenvalue weighted by atomic mass is 9.77. The number of aromatic nitrogens is 1. The van der Waals surface area contributed by atoms with Crippen molar-refractivity contribution in [1.29, 1.82) is 0 Å². The van der Waals surface area contributed by atoms with E-state index in [0.717, 1.165) is 5.56 Å². The largest absolute Gasteiger partial charge is 0.550 e. The van der Waals surface area contributed by atoms with Crippen molar-refractivity contribution in [2.45, 2.75) is 18.2 Å². The van der Waals surface area contributed by atoms with Crippen LogP contribution < -0.4 is 5.11 Å². The minimum absolute atomic E-state index is 0.173. The lowest BCUT2D eigenvalue weighted by Gasteiger charge is -2.24. The molecule has 1 spiro atoms. The van der Waals surface area contributed by atoms with E-state index in [9.17, 15) is 14.7 Å². The van der Waals surface area contributed by atoms with Gasteiger partial charge in [-0.3, -0.25) is 9.78 Å². The summed E-state index contributed by atoms with van der Waals surface area (Å²) < 4.78 is 5.79. The number of pyridine rings is 1. The van der Waals surface area contributed by atoms with E-state index in [0.29, 0.717) is 13.1 Å². The van der Waals surface area contributed by atoms with E-state index >= 15 is 0 Å². The molecule has 0 unspecified atom stereocenters. The summed E-state index contributed by atoms with van der Waals surface area (Å²) in [6, 6.07) is 3.67. The Bertz CT molecular complexity index is 644. The number of aliphatic carboxylic acids is 1. The smallest absolute Gasteiger partial charge is 0.230 e. The van der Waals surface area contributed by atoms with E-state index in [2.05, 4.69) is 4.98 Å². The molecule has 3 aliphatic rings. The summed E-state index contributed by atoms with van der Waals surface area (Å²) >= 11 is 0. The van der Waals surface area contributed by atoms with Gasteiger partial charge < -0.3 is 19.5 Å². The summed E-state index contributed by atoms with van der Waals surface area (Å²) in [4.78, 5) is 29.5. The molecule has 108 valence electrons. The molecular weight excluding hydrogens is 272 g/mol. The highest BCUT2D eigenvalue weighted by atomic mass is 16.5. The third kappa shape index (κ3) is 1.65. The lowest BCUT2D eigenvalue weighted by molar-refractivity contribution is -0.313. The van der Waals surface area contributed by atoms with Gasteiger partial charge in [-0.15, -0.1) is 0 Å². The number of likely N-dealkylation sites (tertiary alicyclic amines) is 1. The van der Waals surface area contributed by atoms with Crippen molar-refractivity contribution in [1.82, 2.24) is 9.88 Å². The SMILES string of the molecule is O=C([O-])[C@H]1[C@@H]2C=C[C@]3(CN(Cc4ccncc4)C(=O)[C@H]13)O2. The topological polar surface area (TPSA) is 82.6 Å². The number of rotatable bonds is 3. The Balaban J connectivity index is 1.63. The summed E-state index contributed by atoms with van der Waals surface area (Å²) in [5.74, 6) is -2.94. The van der Waals surface area contributed by atoms with Crippen molar-refractivity contribution >= 4 is 11.9 Å². The molecule has 4 rings (SSSR count). The standard InChI is InChI=1S/C15H14N2O4/c18-13-12-11(14(19)20)10-1-4-15(12,21-10)8-17(13)7-9-2-5-16-6-3-9/h1-6,10-12H,7-8H2,(H,19,20)/p-1/t10-,11-,12-,15+/m0/s1. The number of carbonyl (C=O) groups excluding carboxylic acids is 2. The number of fused-ring (bicyclic) bond motifs is 1. The van der Waals surface area contributed by atoms with Gasteiger partial charge in [-0.1, -0.05) is 12.2 Å². The van der Waals surface area contributed by atoms with Gasteiger partial charge >= 0.3 is 0 Å². The van der Waals surface area contributed by atoms with Crippen LogP contribution in [0, 0.1) is 11.8 Å². The molecule has 6 nitrogen and oxygen atoms in total. The number of hydrogen-bond donors (Lipinski definition) is 0. The van der Waals surface area contributed by atoms with Crippen molar-refractivity contribution in [3.05, 3.63) is 42.2 Å². The molecule has 0 aliphatic carbocycles. The molecule has 1 amide bonds. The molecule has 0 saturated carbocycles. The molecule has 0 radical (unpaired) electrons. The van der Waals surface area contributed by atoms with Crippen LogP contribution in [0.5, 0.6) is 0 Å². The average molecular weight is 285 g/mol. The van der Waals surface area contributed by atoms with Crippen LogP contribution in [0.2, 0.25) is 0 Å². The second-order valence-corrected chi connectivity index (χ2v) is 5.77. The maximum absolute atomic E-state index is 12.6. The van der Waals surface area contributed by atoms with Gasteiger partial charge in [0.05, 0.1) is 18.6 Å². The average Bonchev–Trinajstić information content (AvgIpc) is 3.09. The highest BCUT2D eigenvalue weighted by Crippen LogP contribution is 2.51. The van der Waals surface area contributed by atoms with Crippen molar-refractivity contribution in [2.24, 2.45) is 11.8 Å². The van der Waals surface area contributed by atoms with Gasteiger partial charge in [0.1, 0.15) is 5.60 Å². The molecule has 21 heavy (non-hydrogen) atoms. The van der Waals surface area contributed by atoms with E-state index in [1.807, 2.05) is 18.2 Å². The third-order valence-corrected chi connectivity index (χ3v) is 4.57. The van der Waals surface area contributed by atoms with Gasteiger partial charge in [0.2, 0.25) is 5.91 Å². The summed E-state index contributed by atoms with van der Waals surface area (Å²) in [5, 5.41) is 11.3. The number of ether oxygens (including phenoxy) is 1. The van der Waals surface area contributed by atoms with Crippen LogP contribution >= 0.6 is 0 Å². The zero-order valence-corrected chi connectivity index (χ0v) is 11.1. The van der Waals surface area contributed by atoms with Crippen LogP contribution in [-0.2, 0) is 20.9 Å².